The summed E-state index contributed by atoms with van der Waals surface area (Å²) in [5, 5.41) is 16.7. The molecule has 0 aromatic carbocycles. The van der Waals surface area contributed by atoms with Gasteiger partial charge in [-0.25, -0.2) is 0 Å². The van der Waals surface area contributed by atoms with Crippen molar-refractivity contribution in [3.8, 4) is 0 Å². The normalized spacial score (nSPS) is 13.0. The number of hydrogen-bond acceptors (Lipinski definition) is 2. The first-order valence-corrected chi connectivity index (χ1v) is 3.93. The third-order valence-electron chi connectivity index (χ3n) is 1.64. The third-order valence-corrected chi connectivity index (χ3v) is 1.64. The smallest absolute Gasteiger partial charge is 0.412 e. The van der Waals surface area contributed by atoms with Gasteiger partial charge in [-0.05, 0) is 6.42 Å². The second-order valence-electron chi connectivity index (χ2n) is 2.70. The van der Waals surface area contributed by atoms with Gasteiger partial charge in [0.05, 0.1) is 0 Å². The largest absolute Gasteiger partial charge is 0.480 e. The van der Waals surface area contributed by atoms with Crippen molar-refractivity contribution in [3.63, 3.8) is 0 Å². The van der Waals surface area contributed by atoms with Gasteiger partial charge in [0.2, 0.25) is 0 Å². The zero-order valence-electron chi connectivity index (χ0n) is 7.71. The van der Waals surface area contributed by atoms with Crippen molar-refractivity contribution in [2.75, 3.05) is 0 Å². The number of halogens is 3. The number of rotatable bonds is 4. The molecule has 0 saturated heterocycles. The Labute approximate surface area is 83.0 Å². The van der Waals surface area contributed by atoms with Crippen LogP contribution in [0.4, 0.5) is 13.2 Å². The Morgan fingerprint density at radius 3 is 1.87 bits per heavy atom. The SMILES string of the molecule is CC/C(=C\C(C(=O)O)C(=O)O)C(F)(F)F. The van der Waals surface area contributed by atoms with E-state index in [9.17, 15) is 22.8 Å². The molecule has 0 amide bonds. The molecule has 0 heterocycles. The first kappa shape index (κ1) is 13.5. The minimum atomic E-state index is -4.70. The van der Waals surface area contributed by atoms with Crippen LogP contribution >= 0.6 is 0 Å². The van der Waals surface area contributed by atoms with Gasteiger partial charge >= 0.3 is 18.1 Å². The van der Waals surface area contributed by atoms with Gasteiger partial charge in [-0.3, -0.25) is 9.59 Å². The zero-order chi connectivity index (χ0) is 12.2. The summed E-state index contributed by atoms with van der Waals surface area (Å²) < 4.78 is 36.5. The summed E-state index contributed by atoms with van der Waals surface area (Å²) in [6.07, 6.45) is -4.96. The number of allylic oxidation sites excluding steroid dienone is 1. The van der Waals surface area contributed by atoms with Crippen LogP contribution in [-0.2, 0) is 9.59 Å². The first-order valence-electron chi connectivity index (χ1n) is 3.93. The van der Waals surface area contributed by atoms with Crippen LogP contribution < -0.4 is 0 Å². The van der Waals surface area contributed by atoms with Crippen LogP contribution in [0, 0.1) is 5.92 Å². The van der Waals surface area contributed by atoms with Crippen molar-refractivity contribution in [1.82, 2.24) is 0 Å². The molecule has 86 valence electrons. The molecule has 7 heteroatoms. The Hall–Kier alpha value is -1.53. The lowest BCUT2D eigenvalue weighted by Gasteiger charge is -2.11. The minimum Gasteiger partial charge on any atom is -0.480 e. The molecule has 0 unspecified atom stereocenters. The molecule has 2 N–H and O–H groups in total. The molecule has 0 fully saturated rings. The van der Waals surface area contributed by atoms with E-state index in [2.05, 4.69) is 0 Å². The summed E-state index contributed by atoms with van der Waals surface area (Å²) in [6, 6.07) is 0. The van der Waals surface area contributed by atoms with E-state index < -0.39 is 36.0 Å². The standard InChI is InChI=1S/C8H9F3O4/c1-2-4(8(9,10)11)3-5(6(12)13)7(14)15/h3,5H,2H2,1H3,(H,12,13)(H,14,15)/b4-3+. The van der Waals surface area contributed by atoms with Crippen molar-refractivity contribution >= 4 is 11.9 Å². The summed E-state index contributed by atoms with van der Waals surface area (Å²) in [4.78, 5) is 20.7. The Morgan fingerprint density at radius 2 is 1.67 bits per heavy atom. The number of carboxylic acids is 2. The molecule has 0 aromatic rings. The van der Waals surface area contributed by atoms with E-state index in [1.165, 1.54) is 6.92 Å². The van der Waals surface area contributed by atoms with Gasteiger partial charge < -0.3 is 10.2 Å². The predicted molar refractivity (Wildman–Crippen MR) is 43.2 cm³/mol. The Kier molecular flexibility index (Phi) is 4.32. The average molecular weight is 226 g/mol. The van der Waals surface area contributed by atoms with E-state index in [1.54, 1.807) is 0 Å². The highest BCUT2D eigenvalue weighted by Crippen LogP contribution is 2.29. The summed E-state index contributed by atoms with van der Waals surface area (Å²) >= 11 is 0. The van der Waals surface area contributed by atoms with Crippen LogP contribution in [0.3, 0.4) is 0 Å². The van der Waals surface area contributed by atoms with Crippen molar-refractivity contribution in [1.29, 1.82) is 0 Å². The van der Waals surface area contributed by atoms with Crippen LogP contribution in [0.15, 0.2) is 11.6 Å². The average Bonchev–Trinajstić information content (AvgIpc) is 2.01. The maximum atomic E-state index is 12.2. The fourth-order valence-electron chi connectivity index (χ4n) is 0.862. The summed E-state index contributed by atoms with van der Waals surface area (Å²) in [6.45, 7) is 1.17. The Bertz CT molecular complexity index is 279. The predicted octanol–water partition coefficient (Wildman–Crippen LogP) is 1.67. The second kappa shape index (κ2) is 4.81. The molecule has 0 radical (unpaired) electrons. The topological polar surface area (TPSA) is 74.6 Å². The number of carboxylic acid groups (broad SMARTS) is 2. The molecule has 0 spiro atoms. The lowest BCUT2D eigenvalue weighted by Crippen LogP contribution is -2.23. The first-order chi connectivity index (χ1) is 6.70. The molecule has 15 heavy (non-hydrogen) atoms. The van der Waals surface area contributed by atoms with E-state index in [4.69, 9.17) is 10.2 Å². The van der Waals surface area contributed by atoms with E-state index in [-0.39, 0.29) is 6.08 Å². The van der Waals surface area contributed by atoms with E-state index in [1.807, 2.05) is 0 Å². The summed E-state index contributed by atoms with van der Waals surface area (Å²) in [7, 11) is 0. The minimum absolute atomic E-state index is 0.213. The van der Waals surface area contributed by atoms with Crippen molar-refractivity contribution in [3.05, 3.63) is 11.6 Å². The molecule has 0 aromatic heterocycles. The molecule has 0 aliphatic carbocycles. The van der Waals surface area contributed by atoms with Gasteiger partial charge in [-0.1, -0.05) is 13.0 Å². The van der Waals surface area contributed by atoms with Gasteiger partial charge in [0.25, 0.3) is 0 Å². The fraction of sp³-hybridized carbons (Fsp3) is 0.500. The van der Waals surface area contributed by atoms with Crippen LogP contribution in [0.25, 0.3) is 0 Å². The maximum Gasteiger partial charge on any atom is 0.412 e. The highest BCUT2D eigenvalue weighted by atomic mass is 19.4. The van der Waals surface area contributed by atoms with E-state index in [0.29, 0.717) is 0 Å². The van der Waals surface area contributed by atoms with E-state index in [0.717, 1.165) is 0 Å². The van der Waals surface area contributed by atoms with Gasteiger partial charge in [-0.2, -0.15) is 13.2 Å². The van der Waals surface area contributed by atoms with Crippen LogP contribution in [0.5, 0.6) is 0 Å². The van der Waals surface area contributed by atoms with Gasteiger partial charge in [0.15, 0.2) is 5.92 Å². The molecular formula is C8H9F3O4. The summed E-state index contributed by atoms with van der Waals surface area (Å²) in [5.41, 5.74) is -1.16. The molecular weight excluding hydrogens is 217 g/mol. The molecule has 0 atom stereocenters. The van der Waals surface area contributed by atoms with Crippen LogP contribution in [-0.4, -0.2) is 28.3 Å². The van der Waals surface area contributed by atoms with Gasteiger partial charge in [0, 0.05) is 5.57 Å². The summed E-state index contributed by atoms with van der Waals surface area (Å²) in [5.74, 6) is -5.81. The molecule has 0 aliphatic heterocycles. The monoisotopic (exact) mass is 226 g/mol. The number of alkyl halides is 3. The van der Waals surface area contributed by atoms with Crippen molar-refractivity contribution in [2.45, 2.75) is 19.5 Å². The van der Waals surface area contributed by atoms with Gasteiger partial charge in [-0.15, -0.1) is 0 Å². The Morgan fingerprint density at radius 1 is 1.27 bits per heavy atom. The zero-order valence-corrected chi connectivity index (χ0v) is 7.71. The molecule has 4 nitrogen and oxygen atoms in total. The van der Waals surface area contributed by atoms with Crippen LogP contribution in [0.2, 0.25) is 0 Å². The quantitative estimate of drug-likeness (QED) is 0.564. The molecule has 0 bridgehead atoms. The molecule has 0 saturated carbocycles. The van der Waals surface area contributed by atoms with Gasteiger partial charge in [0.1, 0.15) is 0 Å². The molecule has 0 aliphatic rings. The molecule has 0 rings (SSSR count). The highest BCUT2D eigenvalue weighted by molar-refractivity contribution is 5.95. The number of hydrogen-bond donors (Lipinski definition) is 2. The number of carbonyl (C=O) groups is 2. The maximum absolute atomic E-state index is 12.2. The fourth-order valence-corrected chi connectivity index (χ4v) is 0.862. The van der Waals surface area contributed by atoms with Crippen molar-refractivity contribution < 1.29 is 33.0 Å². The second-order valence-corrected chi connectivity index (χ2v) is 2.70. The van der Waals surface area contributed by atoms with E-state index >= 15 is 0 Å². The highest BCUT2D eigenvalue weighted by Gasteiger charge is 2.35. The lowest BCUT2D eigenvalue weighted by molar-refractivity contribution is -0.152. The van der Waals surface area contributed by atoms with Crippen LogP contribution in [0.1, 0.15) is 13.3 Å². The Balaban J connectivity index is 5.11. The van der Waals surface area contributed by atoms with Crippen molar-refractivity contribution in [2.24, 2.45) is 5.92 Å². The third kappa shape index (κ3) is 4.01. The number of aliphatic carboxylic acids is 2. The lowest BCUT2D eigenvalue weighted by atomic mass is 10.0.